The van der Waals surface area contributed by atoms with Crippen molar-refractivity contribution in [3.05, 3.63) is 29.3 Å². The second-order valence-electron chi connectivity index (χ2n) is 6.89. The number of hydrogen-bond acceptors (Lipinski definition) is 3. The molecule has 0 saturated heterocycles. The number of nitrogens with zero attached hydrogens (tertiary/aromatic N) is 2. The minimum atomic E-state index is -0.331. The van der Waals surface area contributed by atoms with Crippen LogP contribution in [-0.2, 0) is 9.59 Å². The highest BCUT2D eigenvalue weighted by Crippen LogP contribution is 2.22. The highest BCUT2D eigenvalue weighted by atomic mass is 35.5. The van der Waals surface area contributed by atoms with Gasteiger partial charge in [-0.05, 0) is 51.1 Å². The van der Waals surface area contributed by atoms with Crippen molar-refractivity contribution in [2.75, 3.05) is 26.0 Å². The zero-order valence-electron chi connectivity index (χ0n) is 15.3. The Balaban J connectivity index is 1.85. The monoisotopic (exact) mass is 365 g/mol. The van der Waals surface area contributed by atoms with Gasteiger partial charge in [-0.2, -0.15) is 0 Å². The summed E-state index contributed by atoms with van der Waals surface area (Å²) >= 11 is 5.84. The Morgan fingerprint density at radius 2 is 1.76 bits per heavy atom. The zero-order chi connectivity index (χ0) is 18.4. The van der Waals surface area contributed by atoms with Gasteiger partial charge in [0.05, 0.1) is 12.6 Å². The van der Waals surface area contributed by atoms with Gasteiger partial charge in [0.25, 0.3) is 0 Å². The van der Waals surface area contributed by atoms with Crippen LogP contribution >= 0.6 is 11.6 Å². The van der Waals surface area contributed by atoms with E-state index in [1.165, 1.54) is 19.3 Å². The molecule has 1 N–H and O–H groups in total. The zero-order valence-corrected chi connectivity index (χ0v) is 16.1. The predicted molar refractivity (Wildman–Crippen MR) is 102 cm³/mol. The molecule has 25 heavy (non-hydrogen) atoms. The third-order valence-corrected chi connectivity index (χ3v) is 5.26. The second-order valence-corrected chi connectivity index (χ2v) is 7.32. The molecule has 1 aliphatic carbocycles. The number of halogens is 1. The number of nitrogens with one attached hydrogen (secondary N) is 1. The number of amides is 2. The first-order chi connectivity index (χ1) is 11.9. The Morgan fingerprint density at radius 3 is 2.36 bits per heavy atom. The lowest BCUT2D eigenvalue weighted by Gasteiger charge is -2.35. The highest BCUT2D eigenvalue weighted by molar-refractivity contribution is 6.30. The van der Waals surface area contributed by atoms with E-state index in [2.05, 4.69) is 5.32 Å². The standard InChI is InChI=1S/C19H28ClN3O2/c1-14(19(25)23(3)17-7-5-4-6-8-17)22(2)13-18(24)21-16-11-9-15(20)10-12-16/h9-12,14,17H,4-8,13H2,1-3H3,(H,21,24)/t14-/m1/s1. The van der Waals surface area contributed by atoms with E-state index in [9.17, 15) is 9.59 Å². The van der Waals surface area contributed by atoms with Gasteiger partial charge in [-0.3, -0.25) is 14.5 Å². The van der Waals surface area contributed by atoms with Crippen molar-refractivity contribution in [3.8, 4) is 0 Å². The number of rotatable bonds is 6. The molecular formula is C19H28ClN3O2. The molecule has 0 aromatic heterocycles. The molecule has 0 heterocycles. The van der Waals surface area contributed by atoms with Crippen LogP contribution in [0, 0.1) is 0 Å². The first kappa shape index (κ1) is 19.7. The maximum atomic E-state index is 12.7. The molecule has 2 amide bonds. The smallest absolute Gasteiger partial charge is 0.239 e. The molecule has 138 valence electrons. The molecule has 1 fully saturated rings. The van der Waals surface area contributed by atoms with Crippen LogP contribution < -0.4 is 5.32 Å². The number of carbonyl (C=O) groups is 2. The molecule has 1 saturated carbocycles. The largest absolute Gasteiger partial charge is 0.341 e. The van der Waals surface area contributed by atoms with Gasteiger partial charge < -0.3 is 10.2 Å². The summed E-state index contributed by atoms with van der Waals surface area (Å²) in [6.07, 6.45) is 5.80. The van der Waals surface area contributed by atoms with Crippen molar-refractivity contribution in [1.82, 2.24) is 9.80 Å². The van der Waals surface area contributed by atoms with E-state index in [0.29, 0.717) is 16.8 Å². The van der Waals surface area contributed by atoms with E-state index in [1.807, 2.05) is 18.9 Å². The average Bonchev–Trinajstić information content (AvgIpc) is 2.62. The summed E-state index contributed by atoms with van der Waals surface area (Å²) < 4.78 is 0. The molecule has 1 aromatic rings. The first-order valence-electron chi connectivity index (χ1n) is 8.91. The fourth-order valence-electron chi connectivity index (χ4n) is 3.23. The molecular weight excluding hydrogens is 338 g/mol. The Morgan fingerprint density at radius 1 is 1.16 bits per heavy atom. The summed E-state index contributed by atoms with van der Waals surface area (Å²) in [5.41, 5.74) is 0.695. The molecule has 0 bridgehead atoms. The summed E-state index contributed by atoms with van der Waals surface area (Å²) in [7, 11) is 3.69. The van der Waals surface area contributed by atoms with Crippen LogP contribution in [0.25, 0.3) is 0 Å². The van der Waals surface area contributed by atoms with Gasteiger partial charge in [-0.1, -0.05) is 30.9 Å². The van der Waals surface area contributed by atoms with Crippen molar-refractivity contribution in [3.63, 3.8) is 0 Å². The third kappa shape index (κ3) is 5.72. The summed E-state index contributed by atoms with van der Waals surface area (Å²) in [6.45, 7) is 2.02. The van der Waals surface area contributed by atoms with Gasteiger partial charge in [0.1, 0.15) is 0 Å². The quantitative estimate of drug-likeness (QED) is 0.840. The average molecular weight is 366 g/mol. The van der Waals surface area contributed by atoms with Gasteiger partial charge in [-0.25, -0.2) is 0 Å². The van der Waals surface area contributed by atoms with Crippen LogP contribution in [-0.4, -0.2) is 54.3 Å². The summed E-state index contributed by atoms with van der Waals surface area (Å²) in [5.74, 6) is -0.0708. The minimum absolute atomic E-state index is 0.0775. The molecule has 0 aliphatic heterocycles. The predicted octanol–water partition coefficient (Wildman–Crippen LogP) is 3.39. The molecule has 1 aromatic carbocycles. The molecule has 0 unspecified atom stereocenters. The fraction of sp³-hybridized carbons (Fsp3) is 0.579. The van der Waals surface area contributed by atoms with Crippen LogP contribution in [0.1, 0.15) is 39.0 Å². The lowest BCUT2D eigenvalue weighted by atomic mass is 9.94. The highest BCUT2D eigenvalue weighted by Gasteiger charge is 2.28. The van der Waals surface area contributed by atoms with Crippen molar-refractivity contribution in [1.29, 1.82) is 0 Å². The lowest BCUT2D eigenvalue weighted by Crippen LogP contribution is -2.49. The molecule has 0 radical (unpaired) electrons. The molecule has 1 aliphatic rings. The molecule has 2 rings (SSSR count). The number of anilines is 1. The van der Waals surface area contributed by atoms with Crippen LogP contribution in [0.3, 0.4) is 0 Å². The van der Waals surface area contributed by atoms with Crippen LogP contribution in [0.15, 0.2) is 24.3 Å². The Labute approximate surface area is 155 Å². The minimum Gasteiger partial charge on any atom is -0.341 e. The van der Waals surface area contributed by atoms with Crippen molar-refractivity contribution < 1.29 is 9.59 Å². The van der Waals surface area contributed by atoms with E-state index >= 15 is 0 Å². The summed E-state index contributed by atoms with van der Waals surface area (Å²) in [6, 6.07) is 6.97. The number of likely N-dealkylation sites (N-methyl/N-ethyl adjacent to an activating group) is 2. The maximum absolute atomic E-state index is 12.7. The summed E-state index contributed by atoms with van der Waals surface area (Å²) in [4.78, 5) is 28.6. The van der Waals surface area contributed by atoms with Crippen molar-refractivity contribution >= 4 is 29.1 Å². The van der Waals surface area contributed by atoms with Gasteiger partial charge >= 0.3 is 0 Å². The van der Waals surface area contributed by atoms with Gasteiger partial charge in [-0.15, -0.1) is 0 Å². The SMILES string of the molecule is C[C@H](C(=O)N(C)C1CCCCC1)N(C)CC(=O)Nc1ccc(Cl)cc1. The third-order valence-electron chi connectivity index (χ3n) is 5.01. The summed E-state index contributed by atoms with van der Waals surface area (Å²) in [5, 5.41) is 3.45. The van der Waals surface area contributed by atoms with E-state index in [4.69, 9.17) is 11.6 Å². The van der Waals surface area contributed by atoms with Gasteiger partial charge in [0.2, 0.25) is 11.8 Å². The van der Waals surface area contributed by atoms with Crippen molar-refractivity contribution in [2.45, 2.75) is 51.1 Å². The molecule has 6 heteroatoms. The normalized spacial score (nSPS) is 16.5. The fourth-order valence-corrected chi connectivity index (χ4v) is 3.35. The van der Waals surface area contributed by atoms with Gasteiger partial charge in [0, 0.05) is 23.8 Å². The Hall–Kier alpha value is -1.59. The lowest BCUT2D eigenvalue weighted by molar-refractivity contribution is -0.137. The van der Waals surface area contributed by atoms with E-state index in [0.717, 1.165) is 12.8 Å². The van der Waals surface area contributed by atoms with E-state index in [1.54, 1.807) is 36.2 Å². The van der Waals surface area contributed by atoms with Gasteiger partial charge in [0.15, 0.2) is 0 Å². The Kier molecular flexibility index (Phi) is 7.26. The van der Waals surface area contributed by atoms with Crippen LogP contribution in [0.4, 0.5) is 5.69 Å². The molecule has 0 spiro atoms. The Bertz CT molecular complexity index is 585. The van der Waals surface area contributed by atoms with E-state index < -0.39 is 0 Å². The first-order valence-corrected chi connectivity index (χ1v) is 9.28. The topological polar surface area (TPSA) is 52.7 Å². The van der Waals surface area contributed by atoms with E-state index in [-0.39, 0.29) is 24.4 Å². The molecule has 1 atom stereocenters. The van der Waals surface area contributed by atoms with Crippen LogP contribution in [0.5, 0.6) is 0 Å². The number of benzene rings is 1. The van der Waals surface area contributed by atoms with Crippen LogP contribution in [0.2, 0.25) is 5.02 Å². The number of hydrogen-bond donors (Lipinski definition) is 1. The second kappa shape index (κ2) is 9.20. The number of carbonyl (C=O) groups excluding carboxylic acids is 2. The molecule has 5 nitrogen and oxygen atoms in total. The van der Waals surface area contributed by atoms with Crippen molar-refractivity contribution in [2.24, 2.45) is 0 Å². The maximum Gasteiger partial charge on any atom is 0.239 e.